The number of aryl methyl sites for hydroxylation is 1. The van der Waals surface area contributed by atoms with Gasteiger partial charge >= 0.3 is 0 Å². The van der Waals surface area contributed by atoms with E-state index in [-0.39, 0.29) is 11.8 Å². The monoisotopic (exact) mass is 452 g/mol. The molecule has 1 aliphatic heterocycles. The van der Waals surface area contributed by atoms with Gasteiger partial charge in [-0.05, 0) is 42.7 Å². The third-order valence-electron chi connectivity index (χ3n) is 5.28. The van der Waals surface area contributed by atoms with Gasteiger partial charge in [0.2, 0.25) is 23.2 Å². The quantitative estimate of drug-likeness (QED) is 0.359. The fourth-order valence-electron chi connectivity index (χ4n) is 3.62. The summed E-state index contributed by atoms with van der Waals surface area (Å²) in [6, 6.07) is 11.9. The van der Waals surface area contributed by atoms with Crippen LogP contribution in [0.15, 0.2) is 47.6 Å². The Kier molecular flexibility index (Phi) is 6.69. The second-order valence-corrected chi connectivity index (χ2v) is 8.63. The fraction of sp³-hybridized carbons (Fsp3) is 0.333. The summed E-state index contributed by atoms with van der Waals surface area (Å²) in [6.45, 7) is 5.65. The number of hydrogen-bond acceptors (Lipinski definition) is 6. The minimum absolute atomic E-state index is 0.233. The van der Waals surface area contributed by atoms with Gasteiger partial charge < -0.3 is 4.74 Å². The van der Waals surface area contributed by atoms with E-state index in [2.05, 4.69) is 29.0 Å². The number of carbonyl (C=O) groups excluding carboxylic acids is 1. The lowest BCUT2D eigenvalue weighted by Gasteiger charge is -2.30. The largest absolute Gasteiger partial charge is 0.447 e. The Hall–Kier alpha value is -3.00. The summed E-state index contributed by atoms with van der Waals surface area (Å²) in [7, 11) is 0. The molecule has 2 aromatic carbocycles. The molecule has 0 bridgehead atoms. The molecule has 0 spiro atoms. The van der Waals surface area contributed by atoms with Crippen LogP contribution in [0.2, 0.25) is 0 Å². The highest BCUT2D eigenvalue weighted by Gasteiger charge is 2.35. The van der Waals surface area contributed by atoms with Gasteiger partial charge in [0.25, 0.3) is 0 Å². The number of carbonyl (C=O) groups is 1. The topological polar surface area (TPSA) is 68.2 Å². The number of aromatic nitrogens is 3. The Morgan fingerprint density at radius 3 is 2.75 bits per heavy atom. The number of hydrogen-bond donors (Lipinski definition) is 0. The molecule has 1 aliphatic rings. The van der Waals surface area contributed by atoms with Crippen molar-refractivity contribution < 1.29 is 13.9 Å². The first-order chi connectivity index (χ1) is 15.5. The van der Waals surface area contributed by atoms with E-state index in [1.807, 2.05) is 18.2 Å². The smallest absolute Gasteiger partial charge is 0.247 e. The van der Waals surface area contributed by atoms with Crippen molar-refractivity contribution in [1.82, 2.24) is 15.2 Å². The van der Waals surface area contributed by atoms with Crippen molar-refractivity contribution in [2.75, 3.05) is 10.7 Å². The zero-order chi connectivity index (χ0) is 22.7. The van der Waals surface area contributed by atoms with Gasteiger partial charge in [-0.25, -0.2) is 4.39 Å². The highest BCUT2D eigenvalue weighted by molar-refractivity contribution is 7.99. The molecule has 1 atom stereocenters. The molecule has 0 radical (unpaired) electrons. The second-order valence-electron chi connectivity index (χ2n) is 7.57. The summed E-state index contributed by atoms with van der Waals surface area (Å²) in [4.78, 5) is 19.0. The Morgan fingerprint density at radius 1 is 1.19 bits per heavy atom. The van der Waals surface area contributed by atoms with Gasteiger partial charge in [0.15, 0.2) is 5.69 Å². The minimum atomic E-state index is -0.888. The summed E-state index contributed by atoms with van der Waals surface area (Å²) in [6.07, 6.45) is 2.05. The number of anilines is 1. The third-order valence-corrected chi connectivity index (χ3v) is 6.20. The highest BCUT2D eigenvalue weighted by atomic mass is 32.2. The number of ether oxygens (including phenoxy) is 1. The van der Waals surface area contributed by atoms with Gasteiger partial charge in [0.1, 0.15) is 5.82 Å². The van der Waals surface area contributed by atoms with E-state index in [1.165, 1.54) is 35.7 Å². The molecule has 0 unspecified atom stereocenters. The van der Waals surface area contributed by atoms with E-state index in [1.54, 1.807) is 12.1 Å². The van der Waals surface area contributed by atoms with E-state index < -0.39 is 12.0 Å². The first-order valence-corrected chi connectivity index (χ1v) is 11.7. The van der Waals surface area contributed by atoms with Gasteiger partial charge in [-0.3, -0.25) is 9.69 Å². The molecule has 0 saturated heterocycles. The number of rotatable bonds is 6. The van der Waals surface area contributed by atoms with Crippen LogP contribution in [0.5, 0.6) is 5.88 Å². The van der Waals surface area contributed by atoms with E-state index in [9.17, 15) is 9.18 Å². The standard InChI is InChI=1S/C24H25FN4O2S/c1-4-6-12-32-24-26-22-21(27-28-24)19-13-16(5-2)10-11-20(19)29(15(3)30)23(31-22)17-8-7-9-18(25)14-17/h7-11,13-14,23H,4-6,12H2,1-3H3/t23-/m0/s1. The lowest BCUT2D eigenvalue weighted by Crippen LogP contribution is -2.36. The van der Waals surface area contributed by atoms with Crippen LogP contribution in [-0.2, 0) is 11.2 Å². The van der Waals surface area contributed by atoms with E-state index in [0.717, 1.165) is 36.1 Å². The molecule has 32 heavy (non-hydrogen) atoms. The number of halogens is 1. The Bertz CT molecular complexity index is 1140. The van der Waals surface area contributed by atoms with Crippen LogP contribution in [0, 0.1) is 5.82 Å². The van der Waals surface area contributed by atoms with Gasteiger partial charge in [-0.1, -0.05) is 50.2 Å². The molecule has 0 saturated carbocycles. The molecular weight excluding hydrogens is 427 g/mol. The van der Waals surface area contributed by atoms with Crippen molar-refractivity contribution in [2.45, 2.75) is 51.4 Å². The first-order valence-electron chi connectivity index (χ1n) is 10.7. The second kappa shape index (κ2) is 9.65. The van der Waals surface area contributed by atoms with Crippen LogP contribution in [0.4, 0.5) is 10.1 Å². The normalized spacial score (nSPS) is 14.9. The van der Waals surface area contributed by atoms with Gasteiger partial charge in [-0.2, -0.15) is 4.98 Å². The van der Waals surface area contributed by atoms with E-state index >= 15 is 0 Å². The number of nitrogens with zero attached hydrogens (tertiary/aromatic N) is 4. The molecule has 1 amide bonds. The molecule has 2 heterocycles. The predicted molar refractivity (Wildman–Crippen MR) is 123 cm³/mol. The summed E-state index contributed by atoms with van der Waals surface area (Å²) in [5, 5.41) is 9.26. The summed E-state index contributed by atoms with van der Waals surface area (Å²) >= 11 is 1.51. The lowest BCUT2D eigenvalue weighted by molar-refractivity contribution is -0.118. The van der Waals surface area contributed by atoms with Crippen LogP contribution in [-0.4, -0.2) is 26.8 Å². The van der Waals surface area contributed by atoms with Crippen LogP contribution in [0.3, 0.4) is 0 Å². The zero-order valence-electron chi connectivity index (χ0n) is 18.3. The number of benzene rings is 2. The Balaban J connectivity index is 1.90. The average molecular weight is 453 g/mol. The number of fused-ring (bicyclic) bond motifs is 3. The van der Waals surface area contributed by atoms with Crippen LogP contribution >= 0.6 is 11.8 Å². The van der Waals surface area contributed by atoms with Crippen molar-refractivity contribution in [2.24, 2.45) is 0 Å². The maximum absolute atomic E-state index is 14.1. The van der Waals surface area contributed by atoms with E-state index in [0.29, 0.717) is 22.1 Å². The zero-order valence-corrected chi connectivity index (χ0v) is 19.2. The first kappa shape index (κ1) is 22.2. The van der Waals surface area contributed by atoms with Crippen LogP contribution in [0.25, 0.3) is 11.3 Å². The molecule has 8 heteroatoms. The van der Waals surface area contributed by atoms with Crippen molar-refractivity contribution in [3.05, 3.63) is 59.4 Å². The average Bonchev–Trinajstić information content (AvgIpc) is 2.93. The molecule has 166 valence electrons. The van der Waals surface area contributed by atoms with Crippen molar-refractivity contribution >= 4 is 23.4 Å². The van der Waals surface area contributed by atoms with Crippen molar-refractivity contribution in [3.63, 3.8) is 0 Å². The van der Waals surface area contributed by atoms with Gasteiger partial charge in [0, 0.05) is 23.8 Å². The van der Waals surface area contributed by atoms with Gasteiger partial charge in [-0.15, -0.1) is 10.2 Å². The summed E-state index contributed by atoms with van der Waals surface area (Å²) < 4.78 is 20.4. The minimum Gasteiger partial charge on any atom is -0.447 e. The lowest BCUT2D eigenvalue weighted by atomic mass is 10.0. The summed E-state index contributed by atoms with van der Waals surface area (Å²) in [5.41, 5.74) is 3.42. The molecule has 3 aromatic rings. The summed E-state index contributed by atoms with van der Waals surface area (Å²) in [5.74, 6) is 0.521. The Morgan fingerprint density at radius 2 is 2.03 bits per heavy atom. The maximum atomic E-state index is 14.1. The number of amides is 1. The van der Waals surface area contributed by atoms with Gasteiger partial charge in [0.05, 0.1) is 5.69 Å². The van der Waals surface area contributed by atoms with Crippen LogP contribution < -0.4 is 9.64 Å². The van der Waals surface area contributed by atoms with Crippen molar-refractivity contribution in [3.8, 4) is 17.1 Å². The number of thioether (sulfide) groups is 1. The highest BCUT2D eigenvalue weighted by Crippen LogP contribution is 2.44. The van der Waals surface area contributed by atoms with E-state index in [4.69, 9.17) is 4.74 Å². The SMILES string of the molecule is CCCCSc1nnc2c(n1)O[C@@H](c1cccc(F)c1)N(C(C)=O)c1ccc(CC)cc1-2. The molecular formula is C24H25FN4O2S. The third kappa shape index (κ3) is 4.46. The Labute approximate surface area is 191 Å². The molecule has 0 aliphatic carbocycles. The number of unbranched alkanes of at least 4 members (excludes halogenated alkanes) is 1. The van der Waals surface area contributed by atoms with Crippen molar-refractivity contribution in [1.29, 1.82) is 0 Å². The molecule has 0 fully saturated rings. The fourth-order valence-corrected chi connectivity index (χ4v) is 4.48. The molecule has 1 aromatic heterocycles. The molecule has 0 N–H and O–H groups in total. The maximum Gasteiger partial charge on any atom is 0.247 e. The van der Waals surface area contributed by atoms with Crippen LogP contribution in [0.1, 0.15) is 51.0 Å². The predicted octanol–water partition coefficient (Wildman–Crippen LogP) is 5.58. The molecule has 4 rings (SSSR count). The molecule has 6 nitrogen and oxygen atoms in total.